The van der Waals surface area contributed by atoms with Crippen molar-refractivity contribution in [3.8, 4) is 0 Å². The Labute approximate surface area is 93.4 Å². The molecule has 16 heavy (non-hydrogen) atoms. The molecule has 0 unspecified atom stereocenters. The van der Waals surface area contributed by atoms with Crippen LogP contribution in [0.1, 0.15) is 12.8 Å². The molecule has 0 radical (unpaired) electrons. The van der Waals surface area contributed by atoms with E-state index in [0.29, 0.717) is 39.3 Å². The molecule has 0 aliphatic carbocycles. The third-order valence-corrected chi connectivity index (χ3v) is 1.56. The van der Waals surface area contributed by atoms with Crippen molar-refractivity contribution in [1.29, 1.82) is 5.41 Å². The van der Waals surface area contributed by atoms with Crippen molar-refractivity contribution in [2.24, 2.45) is 21.9 Å². The molecule has 92 valence electrons. The minimum atomic E-state index is 0.103. The van der Waals surface area contributed by atoms with E-state index in [-0.39, 0.29) is 11.7 Å². The summed E-state index contributed by atoms with van der Waals surface area (Å²) in [6.45, 7) is 1.62. The maximum Gasteiger partial charge on any atom is 0.128 e. The quantitative estimate of drug-likeness (QED) is 0.157. The lowest BCUT2D eigenvalue weighted by Gasteiger charge is -2.04. The fourth-order valence-corrected chi connectivity index (χ4v) is 0.783. The van der Waals surface area contributed by atoms with Crippen LogP contribution >= 0.6 is 0 Å². The first-order valence-electron chi connectivity index (χ1n) is 4.80. The smallest absolute Gasteiger partial charge is 0.128 e. The van der Waals surface area contributed by atoms with Crippen LogP contribution in [0.25, 0.3) is 0 Å². The Kier molecular flexibility index (Phi) is 9.03. The van der Waals surface area contributed by atoms with Gasteiger partial charge in [0.2, 0.25) is 0 Å². The van der Waals surface area contributed by atoms with E-state index in [1.54, 1.807) is 0 Å². The Hall–Kier alpha value is -1.54. The van der Waals surface area contributed by atoms with E-state index in [2.05, 4.69) is 10.4 Å². The van der Waals surface area contributed by atoms with Crippen LogP contribution in [0.2, 0.25) is 0 Å². The van der Waals surface area contributed by atoms with Crippen molar-refractivity contribution >= 4 is 11.7 Å². The summed E-state index contributed by atoms with van der Waals surface area (Å²) in [4.78, 5) is 9.67. The second-order valence-corrected chi connectivity index (χ2v) is 2.92. The van der Waals surface area contributed by atoms with Gasteiger partial charge in [0.15, 0.2) is 0 Å². The van der Waals surface area contributed by atoms with Gasteiger partial charge in [-0.3, -0.25) is 5.41 Å². The first-order chi connectivity index (χ1) is 7.66. The molecule has 5 N–H and O–H groups in total. The largest absolute Gasteiger partial charge is 0.388 e. The third-order valence-electron chi connectivity index (χ3n) is 1.56. The van der Waals surface area contributed by atoms with Crippen LogP contribution < -0.4 is 11.5 Å². The lowest BCUT2D eigenvalue weighted by molar-refractivity contribution is 0.0530. The normalized spacial score (nSPS) is 11.4. The predicted octanol–water partition coefficient (Wildman–Crippen LogP) is -0.226. The second kappa shape index (κ2) is 9.99. The lowest BCUT2D eigenvalue weighted by Crippen LogP contribution is -2.16. The van der Waals surface area contributed by atoms with E-state index in [0.717, 1.165) is 0 Å². The van der Waals surface area contributed by atoms with Gasteiger partial charge in [-0.05, 0) is 0 Å². The molecule has 0 heterocycles. The van der Waals surface area contributed by atoms with E-state index in [1.165, 1.54) is 0 Å². The molecule has 8 nitrogen and oxygen atoms in total. The van der Waals surface area contributed by atoms with Gasteiger partial charge in [-0.15, -0.1) is 4.91 Å². The van der Waals surface area contributed by atoms with Gasteiger partial charge in [0.05, 0.1) is 37.5 Å². The Morgan fingerprint density at radius 2 is 1.62 bits per heavy atom. The highest BCUT2D eigenvalue weighted by molar-refractivity contribution is 5.80. The molecule has 0 spiro atoms. The fourth-order valence-electron chi connectivity index (χ4n) is 0.783. The molecule has 8 heteroatoms. The molecule has 0 aromatic rings. The average molecular weight is 231 g/mol. The summed E-state index contributed by atoms with van der Waals surface area (Å²) >= 11 is 0. The molecule has 0 aliphatic heterocycles. The van der Waals surface area contributed by atoms with Gasteiger partial charge in [0.25, 0.3) is 0 Å². The highest BCUT2D eigenvalue weighted by Gasteiger charge is 1.95. The third kappa shape index (κ3) is 10.5. The number of nitrogens with one attached hydrogen (secondary N) is 1. The number of ether oxygens (including phenoxy) is 2. The summed E-state index contributed by atoms with van der Waals surface area (Å²) in [5, 5.41) is 12.3. The molecule has 0 saturated carbocycles. The first kappa shape index (κ1) is 14.5. The van der Waals surface area contributed by atoms with Crippen molar-refractivity contribution in [1.82, 2.24) is 0 Å². The predicted molar refractivity (Wildman–Crippen MR) is 60.2 cm³/mol. The number of hydrogen-bond acceptors (Lipinski definition) is 5. The van der Waals surface area contributed by atoms with E-state index < -0.39 is 0 Å². The molecular weight excluding hydrogens is 214 g/mol. The van der Waals surface area contributed by atoms with Gasteiger partial charge < -0.3 is 20.9 Å². The van der Waals surface area contributed by atoms with Crippen molar-refractivity contribution in [2.45, 2.75) is 12.8 Å². The minimum absolute atomic E-state index is 0.103. The van der Waals surface area contributed by atoms with Crippen molar-refractivity contribution in [3.05, 3.63) is 4.91 Å². The van der Waals surface area contributed by atoms with Crippen molar-refractivity contribution < 1.29 is 9.47 Å². The SMILES string of the molecule is N=C(N)CCOCCOCC/C(N)=N/N=O. The highest BCUT2D eigenvalue weighted by atomic mass is 16.5. The molecule has 0 amide bonds. The zero-order valence-electron chi connectivity index (χ0n) is 9.02. The summed E-state index contributed by atoms with van der Waals surface area (Å²) in [5.74, 6) is 0.249. The molecule has 0 aromatic carbocycles. The number of hydrogen-bond donors (Lipinski definition) is 3. The number of nitrogens with two attached hydrogens (primary N) is 2. The van der Waals surface area contributed by atoms with Crippen LogP contribution in [0.5, 0.6) is 0 Å². The van der Waals surface area contributed by atoms with Crippen LogP contribution in [0.4, 0.5) is 0 Å². The number of nitroso groups, excluding NO2 is 1. The zero-order chi connectivity index (χ0) is 12.2. The summed E-state index contributed by atoms with van der Waals surface area (Å²) in [6.07, 6.45) is 0.782. The van der Waals surface area contributed by atoms with Gasteiger partial charge in [0, 0.05) is 12.8 Å². The monoisotopic (exact) mass is 231 g/mol. The van der Waals surface area contributed by atoms with Crippen LogP contribution in [0.15, 0.2) is 10.4 Å². The second-order valence-electron chi connectivity index (χ2n) is 2.92. The summed E-state index contributed by atoms with van der Waals surface area (Å²) in [7, 11) is 0. The molecule has 0 saturated heterocycles. The zero-order valence-corrected chi connectivity index (χ0v) is 9.02. The van der Waals surface area contributed by atoms with Crippen LogP contribution in [0, 0.1) is 10.3 Å². The van der Waals surface area contributed by atoms with Gasteiger partial charge in [0.1, 0.15) is 5.84 Å². The standard InChI is InChI=1S/C8H17N5O3/c9-7(10)1-3-15-5-6-16-4-2-8(11)12-13-14/h1-6H2,(H3,9,10)(H2,11,12,14). The Morgan fingerprint density at radius 3 is 2.12 bits per heavy atom. The van der Waals surface area contributed by atoms with Crippen LogP contribution in [-0.4, -0.2) is 38.1 Å². The van der Waals surface area contributed by atoms with Crippen molar-refractivity contribution in [3.63, 3.8) is 0 Å². The summed E-state index contributed by atoms with van der Waals surface area (Å²) in [5.41, 5.74) is 10.4. The van der Waals surface area contributed by atoms with Crippen LogP contribution in [-0.2, 0) is 9.47 Å². The number of amidine groups is 2. The topological polar surface area (TPSA) is 136 Å². The van der Waals surface area contributed by atoms with E-state index in [4.69, 9.17) is 26.4 Å². The highest BCUT2D eigenvalue weighted by Crippen LogP contribution is 1.86. The Balaban J connectivity index is 3.18. The lowest BCUT2D eigenvalue weighted by atomic mass is 10.4. The Bertz CT molecular complexity index is 244. The maximum atomic E-state index is 9.67. The van der Waals surface area contributed by atoms with E-state index in [1.807, 2.05) is 0 Å². The van der Waals surface area contributed by atoms with Gasteiger partial charge >= 0.3 is 0 Å². The molecular formula is C8H17N5O3. The molecule has 0 rings (SSSR count). The molecule has 0 atom stereocenters. The Morgan fingerprint density at radius 1 is 1.06 bits per heavy atom. The fraction of sp³-hybridized carbons (Fsp3) is 0.750. The number of nitrogens with zero attached hydrogens (tertiary/aromatic N) is 2. The molecule has 0 aliphatic rings. The van der Waals surface area contributed by atoms with E-state index in [9.17, 15) is 4.91 Å². The molecule has 0 aromatic heterocycles. The van der Waals surface area contributed by atoms with Crippen molar-refractivity contribution in [2.75, 3.05) is 26.4 Å². The van der Waals surface area contributed by atoms with Crippen LogP contribution in [0.3, 0.4) is 0 Å². The van der Waals surface area contributed by atoms with Gasteiger partial charge in [-0.2, -0.15) is 0 Å². The first-order valence-corrected chi connectivity index (χ1v) is 4.80. The summed E-state index contributed by atoms with van der Waals surface area (Å²) in [6, 6.07) is 0. The molecule has 0 fully saturated rings. The van der Waals surface area contributed by atoms with Gasteiger partial charge in [-0.25, -0.2) is 0 Å². The maximum absolute atomic E-state index is 9.67. The summed E-state index contributed by atoms with van der Waals surface area (Å²) < 4.78 is 10.3. The van der Waals surface area contributed by atoms with Gasteiger partial charge in [-0.1, -0.05) is 5.10 Å². The minimum Gasteiger partial charge on any atom is -0.388 e. The van der Waals surface area contributed by atoms with E-state index >= 15 is 0 Å². The number of rotatable bonds is 10. The molecule has 0 bridgehead atoms. The average Bonchev–Trinajstić information content (AvgIpc) is 2.22.